The lowest BCUT2D eigenvalue weighted by molar-refractivity contribution is 0.101. The van der Waals surface area contributed by atoms with Crippen molar-refractivity contribution in [3.05, 3.63) is 42.0 Å². The number of benzene rings is 1. The van der Waals surface area contributed by atoms with Gasteiger partial charge in [-0.1, -0.05) is 0 Å². The zero-order valence-corrected chi connectivity index (χ0v) is 12.9. The zero-order chi connectivity index (χ0) is 16.4. The fraction of sp³-hybridized carbons (Fsp3) is 0.200. The molecule has 3 rings (SSSR count). The summed E-state index contributed by atoms with van der Waals surface area (Å²) in [5, 5.41) is 6.89. The second kappa shape index (κ2) is 5.91. The number of nitrogens with zero attached hydrogens (tertiary/aromatic N) is 4. The SMILES string of the molecule is COc1ccc(OC)c(NC(=O)c2nc3nccc(C)n3n2)c1. The zero-order valence-electron chi connectivity index (χ0n) is 12.9. The van der Waals surface area contributed by atoms with Gasteiger partial charge in [-0.15, -0.1) is 5.10 Å². The van der Waals surface area contributed by atoms with Crippen molar-refractivity contribution >= 4 is 17.4 Å². The first-order valence-electron chi connectivity index (χ1n) is 6.84. The third-order valence-electron chi connectivity index (χ3n) is 3.29. The minimum atomic E-state index is -0.457. The molecule has 0 unspecified atom stereocenters. The van der Waals surface area contributed by atoms with Crippen molar-refractivity contribution in [3.8, 4) is 11.5 Å². The number of nitrogens with one attached hydrogen (secondary N) is 1. The Morgan fingerprint density at radius 2 is 2.04 bits per heavy atom. The maximum absolute atomic E-state index is 12.4. The van der Waals surface area contributed by atoms with E-state index >= 15 is 0 Å². The van der Waals surface area contributed by atoms with Gasteiger partial charge in [-0.25, -0.2) is 9.50 Å². The minimum absolute atomic E-state index is 0.0247. The third-order valence-corrected chi connectivity index (χ3v) is 3.29. The maximum Gasteiger partial charge on any atom is 0.295 e. The van der Waals surface area contributed by atoms with Crippen LogP contribution in [0, 0.1) is 6.92 Å². The van der Waals surface area contributed by atoms with E-state index in [1.807, 2.05) is 6.92 Å². The summed E-state index contributed by atoms with van der Waals surface area (Å²) in [6, 6.07) is 6.90. The number of aryl methyl sites for hydroxylation is 1. The molecule has 0 radical (unpaired) electrons. The van der Waals surface area contributed by atoms with E-state index in [-0.39, 0.29) is 5.82 Å². The number of hydrogen-bond acceptors (Lipinski definition) is 6. The molecule has 0 saturated carbocycles. The summed E-state index contributed by atoms with van der Waals surface area (Å²) in [7, 11) is 3.07. The number of anilines is 1. The monoisotopic (exact) mass is 313 g/mol. The number of rotatable bonds is 4. The number of hydrogen-bond donors (Lipinski definition) is 1. The number of aromatic nitrogens is 4. The fourth-order valence-corrected chi connectivity index (χ4v) is 2.09. The van der Waals surface area contributed by atoms with Crippen molar-refractivity contribution < 1.29 is 14.3 Å². The van der Waals surface area contributed by atoms with Crippen LogP contribution in [-0.2, 0) is 0 Å². The van der Waals surface area contributed by atoms with Crippen LogP contribution in [0.15, 0.2) is 30.5 Å². The number of ether oxygens (including phenoxy) is 2. The van der Waals surface area contributed by atoms with Gasteiger partial charge >= 0.3 is 0 Å². The van der Waals surface area contributed by atoms with Crippen molar-refractivity contribution in [1.29, 1.82) is 0 Å². The van der Waals surface area contributed by atoms with E-state index in [2.05, 4.69) is 20.4 Å². The summed E-state index contributed by atoms with van der Waals surface area (Å²) in [6.07, 6.45) is 1.62. The summed E-state index contributed by atoms with van der Waals surface area (Å²) in [5.74, 6) is 1.05. The molecule has 0 saturated heterocycles. The van der Waals surface area contributed by atoms with Crippen LogP contribution in [0.5, 0.6) is 11.5 Å². The van der Waals surface area contributed by atoms with Gasteiger partial charge in [0, 0.05) is 18.0 Å². The van der Waals surface area contributed by atoms with Gasteiger partial charge in [0.15, 0.2) is 0 Å². The van der Waals surface area contributed by atoms with Crippen molar-refractivity contribution in [3.63, 3.8) is 0 Å². The Bertz CT molecular complexity index is 875. The molecule has 1 aromatic carbocycles. The first kappa shape index (κ1) is 14.8. The van der Waals surface area contributed by atoms with Gasteiger partial charge in [-0.3, -0.25) is 4.79 Å². The molecular weight excluding hydrogens is 298 g/mol. The molecule has 0 atom stereocenters. The second-order valence-corrected chi connectivity index (χ2v) is 4.75. The quantitative estimate of drug-likeness (QED) is 0.788. The van der Waals surface area contributed by atoms with Crippen LogP contribution in [0.25, 0.3) is 5.78 Å². The highest BCUT2D eigenvalue weighted by Gasteiger charge is 2.16. The Kier molecular flexibility index (Phi) is 3.80. The average Bonchev–Trinajstić information content (AvgIpc) is 3.00. The van der Waals surface area contributed by atoms with Crippen LogP contribution in [0.1, 0.15) is 16.3 Å². The summed E-state index contributed by atoms with van der Waals surface area (Å²) >= 11 is 0. The van der Waals surface area contributed by atoms with Gasteiger partial charge in [-0.05, 0) is 25.1 Å². The van der Waals surface area contributed by atoms with Gasteiger partial charge in [0.1, 0.15) is 11.5 Å². The summed E-state index contributed by atoms with van der Waals surface area (Å²) in [6.45, 7) is 1.86. The van der Waals surface area contributed by atoms with Crippen LogP contribution >= 0.6 is 0 Å². The summed E-state index contributed by atoms with van der Waals surface area (Å²) < 4.78 is 11.9. The molecule has 8 nitrogen and oxygen atoms in total. The molecule has 118 valence electrons. The van der Waals surface area contributed by atoms with E-state index in [4.69, 9.17) is 9.47 Å². The van der Waals surface area contributed by atoms with Crippen LogP contribution in [0.2, 0.25) is 0 Å². The van der Waals surface area contributed by atoms with Crippen LogP contribution in [0.3, 0.4) is 0 Å². The number of fused-ring (bicyclic) bond motifs is 1. The molecule has 23 heavy (non-hydrogen) atoms. The Morgan fingerprint density at radius 1 is 1.22 bits per heavy atom. The normalized spacial score (nSPS) is 10.6. The van der Waals surface area contributed by atoms with Crippen LogP contribution in [-0.4, -0.2) is 39.7 Å². The highest BCUT2D eigenvalue weighted by atomic mass is 16.5. The lowest BCUT2D eigenvalue weighted by atomic mass is 10.2. The first-order chi connectivity index (χ1) is 11.1. The van der Waals surface area contributed by atoms with E-state index in [1.54, 1.807) is 37.6 Å². The predicted octanol–water partition coefficient (Wildman–Crippen LogP) is 1.70. The highest BCUT2D eigenvalue weighted by Crippen LogP contribution is 2.29. The average molecular weight is 313 g/mol. The van der Waals surface area contributed by atoms with E-state index in [0.29, 0.717) is 23.0 Å². The molecule has 0 aliphatic heterocycles. The van der Waals surface area contributed by atoms with Gasteiger partial charge in [-0.2, -0.15) is 4.98 Å². The maximum atomic E-state index is 12.4. The van der Waals surface area contributed by atoms with Gasteiger partial charge in [0.05, 0.1) is 19.9 Å². The molecule has 1 N–H and O–H groups in total. The van der Waals surface area contributed by atoms with Gasteiger partial charge < -0.3 is 14.8 Å². The molecule has 3 aromatic rings. The lowest BCUT2D eigenvalue weighted by Gasteiger charge is -2.10. The molecular formula is C15H15N5O3. The molecule has 8 heteroatoms. The van der Waals surface area contributed by atoms with E-state index in [0.717, 1.165) is 5.69 Å². The standard InChI is InChI=1S/C15H15N5O3/c1-9-6-7-16-15-18-13(19-20(9)15)14(21)17-11-8-10(22-2)4-5-12(11)23-3/h4-8H,1-3H3,(H,17,21). The molecule has 0 aliphatic rings. The first-order valence-corrected chi connectivity index (χ1v) is 6.84. The minimum Gasteiger partial charge on any atom is -0.497 e. The lowest BCUT2D eigenvalue weighted by Crippen LogP contribution is -2.14. The molecule has 2 aromatic heterocycles. The molecule has 0 bridgehead atoms. The molecule has 1 amide bonds. The van der Waals surface area contributed by atoms with Gasteiger partial charge in [0.2, 0.25) is 5.82 Å². The van der Waals surface area contributed by atoms with E-state index < -0.39 is 5.91 Å². The second-order valence-electron chi connectivity index (χ2n) is 4.75. The summed E-state index contributed by atoms with van der Waals surface area (Å²) in [4.78, 5) is 20.6. The largest absolute Gasteiger partial charge is 0.497 e. The van der Waals surface area contributed by atoms with Crippen LogP contribution < -0.4 is 14.8 Å². The van der Waals surface area contributed by atoms with Crippen molar-refractivity contribution in [2.45, 2.75) is 6.92 Å². The van der Waals surface area contributed by atoms with E-state index in [1.165, 1.54) is 11.6 Å². The van der Waals surface area contributed by atoms with Crippen LogP contribution in [0.4, 0.5) is 5.69 Å². The Balaban J connectivity index is 1.93. The van der Waals surface area contributed by atoms with Crippen molar-refractivity contribution in [2.24, 2.45) is 0 Å². The number of methoxy groups -OCH3 is 2. The summed E-state index contributed by atoms with van der Waals surface area (Å²) in [5.41, 5.74) is 1.31. The van der Waals surface area contributed by atoms with Gasteiger partial charge in [0.25, 0.3) is 11.7 Å². The highest BCUT2D eigenvalue weighted by molar-refractivity contribution is 6.02. The number of amides is 1. The fourth-order valence-electron chi connectivity index (χ4n) is 2.09. The smallest absolute Gasteiger partial charge is 0.295 e. The molecule has 0 fully saturated rings. The Morgan fingerprint density at radius 3 is 2.74 bits per heavy atom. The number of carbonyl (C=O) groups is 1. The Labute approximate surface area is 132 Å². The third kappa shape index (κ3) is 2.78. The topological polar surface area (TPSA) is 90.6 Å². The predicted molar refractivity (Wildman–Crippen MR) is 83.0 cm³/mol. The molecule has 0 spiro atoms. The van der Waals surface area contributed by atoms with E-state index in [9.17, 15) is 4.79 Å². The molecule has 2 heterocycles. The Hall–Kier alpha value is -3.16. The number of carbonyl (C=O) groups excluding carboxylic acids is 1. The molecule has 0 aliphatic carbocycles. The van der Waals surface area contributed by atoms with Crippen molar-refractivity contribution in [2.75, 3.05) is 19.5 Å². The van der Waals surface area contributed by atoms with Crippen molar-refractivity contribution in [1.82, 2.24) is 19.6 Å².